The molecule has 2 fully saturated rings. The number of amides is 3. The Labute approximate surface area is 311 Å². The molecule has 4 aromatic rings. The Morgan fingerprint density at radius 2 is 1.60 bits per heavy atom. The number of carbonyl (C=O) groups is 3. The number of primary amides is 1. The van der Waals surface area contributed by atoms with Gasteiger partial charge in [-0.1, -0.05) is 18.2 Å². The van der Waals surface area contributed by atoms with E-state index in [1.807, 2.05) is 48.2 Å². The van der Waals surface area contributed by atoms with E-state index in [0.29, 0.717) is 30.0 Å². The number of H-pyrrole nitrogens is 1. The molecule has 0 unspecified atom stereocenters. The SMILES string of the molecule is COc1c(-c2cccc3[nH]c(N4CCN(C)CC4)nc23)ccc(C(=O)N(C)c2ccc(C)cc2OCCCCCC(=O)N2CCN(C)CC2)c1C(N)=O. The topological polar surface area (TPSA) is 141 Å². The molecule has 13 nitrogen and oxygen atoms in total. The van der Waals surface area contributed by atoms with Crippen LogP contribution in [0.5, 0.6) is 11.5 Å². The van der Waals surface area contributed by atoms with Gasteiger partial charge in [-0.15, -0.1) is 0 Å². The fourth-order valence-electron chi connectivity index (χ4n) is 7.09. The van der Waals surface area contributed by atoms with Crippen molar-refractivity contribution < 1.29 is 23.9 Å². The van der Waals surface area contributed by atoms with Crippen LogP contribution in [-0.4, -0.2) is 130 Å². The molecule has 0 saturated carbocycles. The number of para-hydroxylation sites is 1. The summed E-state index contributed by atoms with van der Waals surface area (Å²) >= 11 is 0. The Balaban J connectivity index is 1.18. The number of nitrogens with zero attached hydrogens (tertiary/aromatic N) is 6. The van der Waals surface area contributed by atoms with Crippen LogP contribution in [0.3, 0.4) is 0 Å². The summed E-state index contributed by atoms with van der Waals surface area (Å²) in [6.07, 6.45) is 2.96. The van der Waals surface area contributed by atoms with Gasteiger partial charge in [0.25, 0.3) is 11.8 Å². The third kappa shape index (κ3) is 8.42. The Bertz CT molecular complexity index is 1940. The third-order valence-corrected chi connectivity index (χ3v) is 10.4. The number of aryl methyl sites for hydroxylation is 1. The first-order chi connectivity index (χ1) is 25.5. The summed E-state index contributed by atoms with van der Waals surface area (Å²) < 4.78 is 12.1. The lowest BCUT2D eigenvalue weighted by atomic mass is 9.95. The van der Waals surface area contributed by atoms with Crippen LogP contribution in [0.1, 0.15) is 52.0 Å². The minimum absolute atomic E-state index is 0.00520. The summed E-state index contributed by atoms with van der Waals surface area (Å²) in [5, 5.41) is 0. The fraction of sp³-hybridized carbons (Fsp3) is 0.450. The Kier molecular flexibility index (Phi) is 11.8. The zero-order valence-corrected chi connectivity index (χ0v) is 31.6. The molecule has 3 N–H and O–H groups in total. The summed E-state index contributed by atoms with van der Waals surface area (Å²) in [4.78, 5) is 58.6. The number of unbranched alkanes of at least 4 members (excludes halogenated alkanes) is 2. The lowest BCUT2D eigenvalue weighted by Crippen LogP contribution is -2.47. The number of nitrogens with one attached hydrogen (secondary N) is 1. The molecular weight excluding hydrogens is 672 g/mol. The molecule has 2 aliphatic rings. The maximum absolute atomic E-state index is 14.2. The number of likely N-dealkylation sites (N-methyl/N-ethyl adjacent to an activating group) is 2. The van der Waals surface area contributed by atoms with E-state index in [2.05, 4.69) is 33.8 Å². The zero-order chi connectivity index (χ0) is 37.6. The van der Waals surface area contributed by atoms with Gasteiger partial charge in [-0.3, -0.25) is 14.4 Å². The molecule has 0 spiro atoms. The summed E-state index contributed by atoms with van der Waals surface area (Å²) in [5.41, 5.74) is 10.6. The number of benzene rings is 3. The number of methoxy groups -OCH3 is 1. The van der Waals surface area contributed by atoms with Crippen LogP contribution in [0.4, 0.5) is 11.6 Å². The van der Waals surface area contributed by atoms with Gasteiger partial charge in [0.1, 0.15) is 11.5 Å². The van der Waals surface area contributed by atoms with Crippen molar-refractivity contribution in [2.75, 3.05) is 97.0 Å². The molecule has 0 radical (unpaired) electrons. The molecule has 3 amide bonds. The summed E-state index contributed by atoms with van der Waals surface area (Å²) in [6, 6.07) is 14.9. The largest absolute Gasteiger partial charge is 0.495 e. The number of carbonyl (C=O) groups excluding carboxylic acids is 3. The van der Waals surface area contributed by atoms with Gasteiger partial charge < -0.3 is 44.7 Å². The number of rotatable bonds is 13. The average molecular weight is 725 g/mol. The standard InChI is InChI=1S/C40H52N8O5/c1-27-13-16-32(33(26-27)53-25-8-6-7-12-34(49)47-21-17-44(2)18-22-47)46(4)39(51)30-15-14-29(37(52-5)35(30)38(41)50)28-10-9-11-31-36(28)43-40(42-31)48-23-19-45(3)20-24-48/h9-11,13-16,26H,6-8,12,17-25H2,1-5H3,(H2,41,50)(H,42,43). The Morgan fingerprint density at radius 1 is 0.887 bits per heavy atom. The quantitative estimate of drug-likeness (QED) is 0.192. The van der Waals surface area contributed by atoms with Gasteiger partial charge in [-0.05, 0) is 76.2 Å². The van der Waals surface area contributed by atoms with Crippen LogP contribution < -0.4 is 25.0 Å². The minimum atomic E-state index is -0.778. The van der Waals surface area contributed by atoms with Crippen molar-refractivity contribution in [3.63, 3.8) is 0 Å². The second-order valence-electron chi connectivity index (χ2n) is 14.2. The fourth-order valence-corrected chi connectivity index (χ4v) is 7.09. The molecule has 3 heterocycles. The van der Waals surface area contributed by atoms with E-state index in [9.17, 15) is 14.4 Å². The average Bonchev–Trinajstić information content (AvgIpc) is 3.60. The van der Waals surface area contributed by atoms with Gasteiger partial charge in [-0.25, -0.2) is 4.98 Å². The van der Waals surface area contributed by atoms with Crippen LogP contribution in [0.2, 0.25) is 0 Å². The van der Waals surface area contributed by atoms with Crippen molar-refractivity contribution in [1.29, 1.82) is 0 Å². The van der Waals surface area contributed by atoms with E-state index >= 15 is 0 Å². The number of aromatic amines is 1. The Hall–Kier alpha value is -5.14. The zero-order valence-electron chi connectivity index (χ0n) is 31.6. The highest BCUT2D eigenvalue weighted by Gasteiger charge is 2.28. The van der Waals surface area contributed by atoms with Crippen molar-refractivity contribution in [3.8, 4) is 22.6 Å². The third-order valence-electron chi connectivity index (χ3n) is 10.4. The molecule has 0 aliphatic carbocycles. The lowest BCUT2D eigenvalue weighted by molar-refractivity contribution is -0.132. The maximum atomic E-state index is 14.2. The first kappa shape index (κ1) is 37.6. The van der Waals surface area contributed by atoms with E-state index in [1.54, 1.807) is 19.2 Å². The molecule has 53 heavy (non-hydrogen) atoms. The van der Waals surface area contributed by atoms with E-state index in [0.717, 1.165) is 99.7 Å². The molecule has 6 rings (SSSR count). The number of fused-ring (bicyclic) bond motifs is 1. The summed E-state index contributed by atoms with van der Waals surface area (Å²) in [5.74, 6) is 0.554. The molecular formula is C40H52N8O5. The lowest BCUT2D eigenvalue weighted by Gasteiger charge is -2.32. The second kappa shape index (κ2) is 16.7. The number of hydrogen-bond donors (Lipinski definition) is 2. The molecule has 1 aromatic heterocycles. The van der Waals surface area contributed by atoms with Gasteiger partial charge in [0.05, 0.1) is 41.6 Å². The highest BCUT2D eigenvalue weighted by molar-refractivity contribution is 6.15. The van der Waals surface area contributed by atoms with Crippen molar-refractivity contribution in [2.24, 2.45) is 5.73 Å². The monoisotopic (exact) mass is 724 g/mol. The number of piperazine rings is 2. The molecule has 2 aliphatic heterocycles. The first-order valence-electron chi connectivity index (χ1n) is 18.5. The van der Waals surface area contributed by atoms with Gasteiger partial charge in [0, 0.05) is 77.0 Å². The molecule has 0 atom stereocenters. The van der Waals surface area contributed by atoms with Crippen molar-refractivity contribution >= 4 is 40.4 Å². The van der Waals surface area contributed by atoms with Crippen LogP contribution in [0.15, 0.2) is 48.5 Å². The van der Waals surface area contributed by atoms with Crippen molar-refractivity contribution in [2.45, 2.75) is 32.6 Å². The van der Waals surface area contributed by atoms with E-state index in [4.69, 9.17) is 20.2 Å². The van der Waals surface area contributed by atoms with Crippen molar-refractivity contribution in [3.05, 3.63) is 65.2 Å². The van der Waals surface area contributed by atoms with Crippen LogP contribution in [0, 0.1) is 6.92 Å². The predicted octanol–water partition coefficient (Wildman–Crippen LogP) is 4.39. The van der Waals surface area contributed by atoms with Crippen LogP contribution in [0.25, 0.3) is 22.2 Å². The number of anilines is 2. The molecule has 2 saturated heterocycles. The minimum Gasteiger partial charge on any atom is -0.495 e. The molecule has 282 valence electrons. The summed E-state index contributed by atoms with van der Waals surface area (Å²) in [6.45, 7) is 9.42. The predicted molar refractivity (Wildman–Crippen MR) is 208 cm³/mol. The van der Waals surface area contributed by atoms with Crippen LogP contribution in [-0.2, 0) is 4.79 Å². The van der Waals surface area contributed by atoms with Gasteiger partial charge >= 0.3 is 0 Å². The maximum Gasteiger partial charge on any atom is 0.259 e. The second-order valence-corrected chi connectivity index (χ2v) is 14.2. The molecule has 0 bridgehead atoms. The normalized spacial score (nSPS) is 15.5. The van der Waals surface area contributed by atoms with E-state index < -0.39 is 11.8 Å². The van der Waals surface area contributed by atoms with Gasteiger partial charge in [0.2, 0.25) is 11.9 Å². The van der Waals surface area contributed by atoms with Crippen molar-refractivity contribution in [1.82, 2.24) is 24.7 Å². The van der Waals surface area contributed by atoms with E-state index in [1.165, 1.54) is 12.0 Å². The number of imidazole rings is 1. The number of aromatic nitrogens is 2. The van der Waals surface area contributed by atoms with E-state index in [-0.39, 0.29) is 22.8 Å². The number of nitrogens with two attached hydrogens (primary N) is 1. The highest BCUT2D eigenvalue weighted by Crippen LogP contribution is 2.40. The van der Waals surface area contributed by atoms with Gasteiger partial charge in [0.15, 0.2) is 0 Å². The first-order valence-corrected chi connectivity index (χ1v) is 18.5. The Morgan fingerprint density at radius 3 is 2.30 bits per heavy atom. The smallest absolute Gasteiger partial charge is 0.259 e. The summed E-state index contributed by atoms with van der Waals surface area (Å²) in [7, 11) is 7.31. The number of hydrogen-bond acceptors (Lipinski definition) is 9. The highest BCUT2D eigenvalue weighted by atomic mass is 16.5. The van der Waals surface area contributed by atoms with Crippen LogP contribution >= 0.6 is 0 Å². The van der Waals surface area contributed by atoms with Gasteiger partial charge in [-0.2, -0.15) is 0 Å². The number of ether oxygens (including phenoxy) is 2. The molecule has 3 aromatic carbocycles. The molecule has 13 heteroatoms.